The fourth-order valence-electron chi connectivity index (χ4n) is 2.62. The van der Waals surface area contributed by atoms with E-state index in [4.69, 9.17) is 14.2 Å². The van der Waals surface area contributed by atoms with Crippen LogP contribution in [0.1, 0.15) is 25.0 Å². The predicted molar refractivity (Wildman–Crippen MR) is 92.2 cm³/mol. The molecule has 1 saturated heterocycles. The van der Waals surface area contributed by atoms with Crippen LogP contribution in [0.5, 0.6) is 5.75 Å². The minimum atomic E-state index is -0.313. The second kappa shape index (κ2) is 9.61. The van der Waals surface area contributed by atoms with Gasteiger partial charge in [0.2, 0.25) is 5.91 Å². The van der Waals surface area contributed by atoms with Crippen LogP contribution in [0, 0.1) is 6.92 Å². The van der Waals surface area contributed by atoms with Crippen molar-refractivity contribution in [3.05, 3.63) is 29.3 Å². The van der Waals surface area contributed by atoms with E-state index in [9.17, 15) is 4.79 Å². The van der Waals surface area contributed by atoms with Gasteiger partial charge in [-0.1, -0.05) is 12.1 Å². The predicted octanol–water partition coefficient (Wildman–Crippen LogP) is 1.40. The van der Waals surface area contributed by atoms with Gasteiger partial charge in [0.15, 0.2) is 0 Å². The van der Waals surface area contributed by atoms with E-state index in [2.05, 4.69) is 10.6 Å². The van der Waals surface area contributed by atoms with Crippen molar-refractivity contribution in [2.45, 2.75) is 39.5 Å². The van der Waals surface area contributed by atoms with E-state index in [1.54, 1.807) is 0 Å². The monoisotopic (exact) mass is 336 g/mol. The van der Waals surface area contributed by atoms with Crippen molar-refractivity contribution in [2.75, 3.05) is 33.0 Å². The van der Waals surface area contributed by atoms with Crippen molar-refractivity contribution in [1.82, 2.24) is 10.6 Å². The zero-order valence-electron chi connectivity index (χ0n) is 14.8. The number of carbonyl (C=O) groups excluding carboxylic acids is 1. The molecule has 1 aliphatic heterocycles. The van der Waals surface area contributed by atoms with Crippen molar-refractivity contribution in [1.29, 1.82) is 0 Å². The average Bonchev–Trinajstić information content (AvgIpc) is 2.58. The lowest BCUT2D eigenvalue weighted by Crippen LogP contribution is -2.55. The summed E-state index contributed by atoms with van der Waals surface area (Å²) in [6.07, 6.45) is -0.126. The van der Waals surface area contributed by atoms with Crippen LogP contribution in [-0.4, -0.2) is 51.0 Å². The highest BCUT2D eigenvalue weighted by atomic mass is 16.5. The smallest absolute Gasteiger partial charge is 0.240 e. The lowest BCUT2D eigenvalue weighted by Gasteiger charge is -2.29. The molecule has 1 fully saturated rings. The van der Waals surface area contributed by atoms with Crippen LogP contribution < -0.4 is 15.4 Å². The summed E-state index contributed by atoms with van der Waals surface area (Å²) >= 11 is 0. The van der Waals surface area contributed by atoms with E-state index in [1.807, 2.05) is 39.0 Å². The van der Waals surface area contributed by atoms with Gasteiger partial charge in [-0.15, -0.1) is 0 Å². The molecule has 2 atom stereocenters. The first-order valence-electron chi connectivity index (χ1n) is 8.54. The molecule has 0 aromatic heterocycles. The molecule has 1 heterocycles. The van der Waals surface area contributed by atoms with Gasteiger partial charge in [-0.3, -0.25) is 4.79 Å². The van der Waals surface area contributed by atoms with Crippen molar-refractivity contribution in [2.24, 2.45) is 0 Å². The summed E-state index contributed by atoms with van der Waals surface area (Å²) in [5.74, 6) is 0.735. The largest absolute Gasteiger partial charge is 0.491 e. The van der Waals surface area contributed by atoms with E-state index in [0.717, 1.165) is 16.9 Å². The third-order valence-corrected chi connectivity index (χ3v) is 3.96. The summed E-state index contributed by atoms with van der Waals surface area (Å²) in [5.41, 5.74) is 2.07. The van der Waals surface area contributed by atoms with Gasteiger partial charge in [0, 0.05) is 25.3 Å². The molecule has 0 unspecified atom stereocenters. The second-order valence-corrected chi connectivity index (χ2v) is 5.88. The summed E-state index contributed by atoms with van der Waals surface area (Å²) in [4.78, 5) is 12.3. The molecule has 1 amide bonds. The normalized spacial score (nSPS) is 20.6. The first-order valence-corrected chi connectivity index (χ1v) is 8.54. The molecular formula is C18H28N2O4. The number of morpholine rings is 1. The first-order chi connectivity index (χ1) is 11.6. The second-order valence-electron chi connectivity index (χ2n) is 5.88. The topological polar surface area (TPSA) is 68.8 Å². The highest BCUT2D eigenvalue weighted by molar-refractivity contribution is 5.82. The number of nitrogens with one attached hydrogen (secondary N) is 2. The third kappa shape index (κ3) is 5.47. The van der Waals surface area contributed by atoms with Gasteiger partial charge in [-0.2, -0.15) is 0 Å². The van der Waals surface area contributed by atoms with E-state index < -0.39 is 0 Å². The summed E-state index contributed by atoms with van der Waals surface area (Å²) in [6, 6.07) is 5.67. The summed E-state index contributed by atoms with van der Waals surface area (Å²) in [6.45, 7) is 9.36. The van der Waals surface area contributed by atoms with Crippen molar-refractivity contribution >= 4 is 5.91 Å². The summed E-state index contributed by atoms with van der Waals surface area (Å²) in [7, 11) is 0. The van der Waals surface area contributed by atoms with Gasteiger partial charge < -0.3 is 24.8 Å². The molecular weight excluding hydrogens is 308 g/mol. The van der Waals surface area contributed by atoms with Gasteiger partial charge in [0.25, 0.3) is 0 Å². The molecule has 0 aliphatic carbocycles. The van der Waals surface area contributed by atoms with Crippen LogP contribution in [0.2, 0.25) is 0 Å². The minimum Gasteiger partial charge on any atom is -0.491 e. The van der Waals surface area contributed by atoms with Gasteiger partial charge in [0.05, 0.1) is 19.3 Å². The van der Waals surface area contributed by atoms with Crippen molar-refractivity contribution in [3.63, 3.8) is 0 Å². The molecule has 2 rings (SSSR count). The Labute approximate surface area is 143 Å². The average molecular weight is 336 g/mol. The number of ether oxygens (including phenoxy) is 3. The SMILES string of the molecule is CCOCCOc1cc(C)ccc1CNC(=O)[C@H]1NCCO[C@@H]1C. The lowest BCUT2D eigenvalue weighted by molar-refractivity contribution is -0.129. The van der Waals surface area contributed by atoms with Gasteiger partial charge in [0.1, 0.15) is 18.4 Å². The maximum absolute atomic E-state index is 12.3. The number of aryl methyl sites for hydroxylation is 1. The van der Waals surface area contributed by atoms with Crippen molar-refractivity contribution in [3.8, 4) is 5.75 Å². The molecule has 0 saturated carbocycles. The van der Waals surface area contributed by atoms with Crippen LogP contribution >= 0.6 is 0 Å². The third-order valence-electron chi connectivity index (χ3n) is 3.96. The summed E-state index contributed by atoms with van der Waals surface area (Å²) in [5, 5.41) is 6.16. The maximum Gasteiger partial charge on any atom is 0.240 e. The fourth-order valence-corrected chi connectivity index (χ4v) is 2.62. The molecule has 24 heavy (non-hydrogen) atoms. The molecule has 0 spiro atoms. The quantitative estimate of drug-likeness (QED) is 0.703. The highest BCUT2D eigenvalue weighted by Gasteiger charge is 2.28. The molecule has 134 valence electrons. The molecule has 0 radical (unpaired) electrons. The molecule has 1 aliphatic rings. The van der Waals surface area contributed by atoms with Gasteiger partial charge in [-0.25, -0.2) is 0 Å². The zero-order valence-corrected chi connectivity index (χ0v) is 14.8. The van der Waals surface area contributed by atoms with Crippen molar-refractivity contribution < 1.29 is 19.0 Å². The standard InChI is InChI=1S/C18H28N2O4/c1-4-22-9-10-24-16-11-13(2)5-6-15(16)12-20-18(21)17-14(3)23-8-7-19-17/h5-6,11,14,17,19H,4,7-10,12H2,1-3H3,(H,20,21)/t14-,17+/m1/s1. The maximum atomic E-state index is 12.3. The van der Waals surface area contributed by atoms with Crippen LogP contribution in [0.25, 0.3) is 0 Å². The van der Waals surface area contributed by atoms with E-state index >= 15 is 0 Å². The van der Waals surface area contributed by atoms with Crippen LogP contribution in [-0.2, 0) is 20.8 Å². The lowest BCUT2D eigenvalue weighted by atomic mass is 10.1. The number of hydrogen-bond acceptors (Lipinski definition) is 5. The Morgan fingerprint density at radius 1 is 1.42 bits per heavy atom. The number of benzene rings is 1. The van der Waals surface area contributed by atoms with Gasteiger partial charge in [-0.05, 0) is 32.4 Å². The summed E-state index contributed by atoms with van der Waals surface area (Å²) < 4.78 is 16.6. The fraction of sp³-hybridized carbons (Fsp3) is 0.611. The van der Waals surface area contributed by atoms with Crippen LogP contribution in [0.3, 0.4) is 0 Å². The van der Waals surface area contributed by atoms with E-state index in [-0.39, 0.29) is 18.1 Å². The molecule has 0 bridgehead atoms. The Balaban J connectivity index is 1.92. The molecule has 6 heteroatoms. The van der Waals surface area contributed by atoms with Crippen LogP contribution in [0.15, 0.2) is 18.2 Å². The number of rotatable bonds is 8. The number of hydrogen-bond donors (Lipinski definition) is 2. The molecule has 1 aromatic carbocycles. The van der Waals surface area contributed by atoms with E-state index in [1.165, 1.54) is 0 Å². The Kier molecular flexibility index (Phi) is 7.49. The zero-order chi connectivity index (χ0) is 17.4. The highest BCUT2D eigenvalue weighted by Crippen LogP contribution is 2.20. The Morgan fingerprint density at radius 2 is 2.25 bits per heavy atom. The van der Waals surface area contributed by atoms with Crippen LogP contribution in [0.4, 0.5) is 0 Å². The Bertz CT molecular complexity index is 536. The number of amides is 1. The Hall–Kier alpha value is -1.63. The van der Waals surface area contributed by atoms with E-state index in [0.29, 0.717) is 39.5 Å². The molecule has 6 nitrogen and oxygen atoms in total. The molecule has 2 N–H and O–H groups in total. The first kappa shape index (κ1) is 18.7. The molecule has 1 aromatic rings. The Morgan fingerprint density at radius 3 is 3.00 bits per heavy atom. The number of carbonyl (C=O) groups is 1. The minimum absolute atomic E-state index is 0.0527. The van der Waals surface area contributed by atoms with Gasteiger partial charge >= 0.3 is 0 Å².